The van der Waals surface area contributed by atoms with Crippen molar-refractivity contribution in [3.05, 3.63) is 89.2 Å². The van der Waals surface area contributed by atoms with Crippen molar-refractivity contribution in [2.45, 2.75) is 26.1 Å². The second-order valence-electron chi connectivity index (χ2n) is 9.88. The first kappa shape index (κ1) is 26.7. The summed E-state index contributed by atoms with van der Waals surface area (Å²) in [4.78, 5) is 22.2. The SMILES string of the molecule is C=CC(=O)N1CCN(C2=NC(O)N(c3ccccc3C(C)C)c3cc(-c4c(O)cccc4F)c(Cl)cc32)CC1. The number of halogens is 2. The first-order valence-electron chi connectivity index (χ1n) is 12.8. The maximum absolute atomic E-state index is 15.0. The van der Waals surface area contributed by atoms with Crippen LogP contribution in [0.15, 0.2) is 72.2 Å². The van der Waals surface area contributed by atoms with Gasteiger partial charge in [-0.1, -0.05) is 56.3 Å². The summed E-state index contributed by atoms with van der Waals surface area (Å²) in [7, 11) is 0. The molecule has 5 rings (SSSR count). The Hall–Kier alpha value is -3.88. The number of aliphatic hydroxyl groups excluding tert-OH is 1. The van der Waals surface area contributed by atoms with Gasteiger partial charge < -0.3 is 20.0 Å². The predicted molar refractivity (Wildman–Crippen MR) is 152 cm³/mol. The Bertz CT molecular complexity index is 1450. The summed E-state index contributed by atoms with van der Waals surface area (Å²) in [5.74, 6) is -0.291. The minimum Gasteiger partial charge on any atom is -0.507 e. The molecule has 3 aromatic carbocycles. The van der Waals surface area contributed by atoms with E-state index >= 15 is 0 Å². The van der Waals surface area contributed by atoms with Crippen LogP contribution in [0.2, 0.25) is 5.02 Å². The number of carbonyl (C=O) groups excluding carboxylic acids is 1. The van der Waals surface area contributed by atoms with Gasteiger partial charge in [0.15, 0.2) is 0 Å². The van der Waals surface area contributed by atoms with Crippen LogP contribution >= 0.6 is 11.6 Å². The molecule has 3 aromatic rings. The van der Waals surface area contributed by atoms with E-state index < -0.39 is 12.2 Å². The number of amides is 1. The van der Waals surface area contributed by atoms with Gasteiger partial charge in [0.25, 0.3) is 0 Å². The Morgan fingerprint density at radius 1 is 1.08 bits per heavy atom. The molecular formula is C30H30ClFN4O3. The van der Waals surface area contributed by atoms with Gasteiger partial charge in [0.2, 0.25) is 12.3 Å². The lowest BCUT2D eigenvalue weighted by molar-refractivity contribution is -0.127. The molecule has 39 heavy (non-hydrogen) atoms. The first-order chi connectivity index (χ1) is 18.7. The third kappa shape index (κ3) is 4.86. The molecule has 9 heteroatoms. The monoisotopic (exact) mass is 548 g/mol. The van der Waals surface area contributed by atoms with E-state index in [9.17, 15) is 19.4 Å². The highest BCUT2D eigenvalue weighted by Gasteiger charge is 2.34. The van der Waals surface area contributed by atoms with E-state index in [4.69, 9.17) is 16.6 Å². The van der Waals surface area contributed by atoms with Crippen LogP contribution in [0, 0.1) is 5.82 Å². The van der Waals surface area contributed by atoms with Crippen LogP contribution in [0.1, 0.15) is 30.9 Å². The molecule has 0 bridgehead atoms. The van der Waals surface area contributed by atoms with Crippen molar-refractivity contribution in [2.24, 2.45) is 4.99 Å². The largest absolute Gasteiger partial charge is 0.507 e. The second kappa shape index (κ2) is 10.7. The smallest absolute Gasteiger partial charge is 0.246 e. The summed E-state index contributed by atoms with van der Waals surface area (Å²) in [6.07, 6.45) is 0.0273. The van der Waals surface area contributed by atoms with Crippen LogP contribution < -0.4 is 4.90 Å². The summed E-state index contributed by atoms with van der Waals surface area (Å²) in [6.45, 7) is 9.66. The lowest BCUT2D eigenvalue weighted by Crippen LogP contribution is -2.52. The number of hydrogen-bond donors (Lipinski definition) is 2. The van der Waals surface area contributed by atoms with Crippen molar-refractivity contribution in [3.63, 3.8) is 0 Å². The number of piperazine rings is 1. The molecular weight excluding hydrogens is 519 g/mol. The lowest BCUT2D eigenvalue weighted by Gasteiger charge is -2.41. The second-order valence-corrected chi connectivity index (χ2v) is 10.3. The molecule has 202 valence electrons. The van der Waals surface area contributed by atoms with E-state index in [1.807, 2.05) is 29.2 Å². The Balaban J connectivity index is 1.67. The molecule has 0 saturated carbocycles. The molecule has 1 atom stereocenters. The quantitative estimate of drug-likeness (QED) is 0.422. The summed E-state index contributed by atoms with van der Waals surface area (Å²) < 4.78 is 15.0. The predicted octanol–water partition coefficient (Wildman–Crippen LogP) is 5.48. The number of anilines is 2. The summed E-state index contributed by atoms with van der Waals surface area (Å²) in [5.41, 5.74) is 3.28. The number of carbonyl (C=O) groups is 1. The zero-order valence-corrected chi connectivity index (χ0v) is 22.6. The topological polar surface area (TPSA) is 79.6 Å². The number of aliphatic hydroxyl groups is 1. The number of aliphatic imine (C=N–C) groups is 1. The van der Waals surface area contributed by atoms with Crippen LogP contribution in [-0.2, 0) is 4.79 Å². The number of benzene rings is 3. The first-order valence-corrected chi connectivity index (χ1v) is 13.2. The fourth-order valence-electron chi connectivity index (χ4n) is 5.24. The molecule has 1 amide bonds. The number of phenolic OH excluding ortho intramolecular Hbond substituents is 1. The fraction of sp³-hybridized carbons (Fsp3) is 0.267. The molecule has 0 aliphatic carbocycles. The molecule has 7 nitrogen and oxygen atoms in total. The number of fused-ring (bicyclic) bond motifs is 1. The minimum absolute atomic E-state index is 0.0162. The average molecular weight is 549 g/mol. The van der Waals surface area contributed by atoms with Crippen molar-refractivity contribution in [1.29, 1.82) is 0 Å². The van der Waals surface area contributed by atoms with E-state index in [2.05, 4.69) is 20.4 Å². The van der Waals surface area contributed by atoms with E-state index in [0.29, 0.717) is 48.8 Å². The van der Waals surface area contributed by atoms with E-state index in [1.165, 1.54) is 24.3 Å². The number of para-hydroxylation sites is 1. The molecule has 2 aliphatic rings. The number of hydrogen-bond acceptors (Lipinski definition) is 6. The molecule has 2 heterocycles. The molecule has 0 aromatic heterocycles. The van der Waals surface area contributed by atoms with E-state index in [0.717, 1.165) is 11.3 Å². The van der Waals surface area contributed by atoms with Crippen molar-refractivity contribution in [2.75, 3.05) is 31.1 Å². The Kier molecular flexibility index (Phi) is 7.34. The Morgan fingerprint density at radius 2 is 1.79 bits per heavy atom. The van der Waals surface area contributed by atoms with Crippen molar-refractivity contribution in [3.8, 4) is 16.9 Å². The van der Waals surface area contributed by atoms with Gasteiger partial charge in [-0.25, -0.2) is 9.38 Å². The van der Waals surface area contributed by atoms with Gasteiger partial charge in [-0.3, -0.25) is 9.69 Å². The summed E-state index contributed by atoms with van der Waals surface area (Å²) in [6, 6.07) is 15.3. The van der Waals surface area contributed by atoms with Crippen LogP contribution in [0.3, 0.4) is 0 Å². The molecule has 1 unspecified atom stereocenters. The molecule has 0 radical (unpaired) electrons. The number of rotatable bonds is 4. The molecule has 2 N–H and O–H groups in total. The van der Waals surface area contributed by atoms with Crippen LogP contribution in [0.5, 0.6) is 5.75 Å². The lowest BCUT2D eigenvalue weighted by atomic mass is 9.96. The number of phenols is 1. The van der Waals surface area contributed by atoms with Gasteiger partial charge in [-0.2, -0.15) is 0 Å². The molecule has 1 saturated heterocycles. The fourth-order valence-corrected chi connectivity index (χ4v) is 5.50. The molecule has 1 fully saturated rings. The third-order valence-electron chi connectivity index (χ3n) is 7.20. The maximum Gasteiger partial charge on any atom is 0.246 e. The van der Waals surface area contributed by atoms with Gasteiger partial charge in [-0.05, 0) is 47.9 Å². The van der Waals surface area contributed by atoms with E-state index in [1.54, 1.807) is 21.9 Å². The maximum atomic E-state index is 15.0. The normalized spacial score (nSPS) is 17.2. The van der Waals surface area contributed by atoms with Gasteiger partial charge in [0.1, 0.15) is 17.4 Å². The summed E-state index contributed by atoms with van der Waals surface area (Å²) >= 11 is 6.74. The number of aromatic hydroxyl groups is 1. The zero-order valence-electron chi connectivity index (χ0n) is 21.8. The van der Waals surface area contributed by atoms with Crippen LogP contribution in [-0.4, -0.2) is 64.3 Å². The summed E-state index contributed by atoms with van der Waals surface area (Å²) in [5, 5.41) is 22.2. The highest BCUT2D eigenvalue weighted by molar-refractivity contribution is 6.34. The molecule has 2 aliphatic heterocycles. The van der Waals surface area contributed by atoms with Gasteiger partial charge >= 0.3 is 0 Å². The van der Waals surface area contributed by atoms with Gasteiger partial charge in [-0.15, -0.1) is 0 Å². The highest BCUT2D eigenvalue weighted by atomic mass is 35.5. The average Bonchev–Trinajstić information content (AvgIpc) is 2.93. The highest BCUT2D eigenvalue weighted by Crippen LogP contribution is 2.45. The molecule has 0 spiro atoms. The zero-order chi connectivity index (χ0) is 27.8. The third-order valence-corrected chi connectivity index (χ3v) is 7.51. The number of amidine groups is 1. The van der Waals surface area contributed by atoms with Crippen molar-refractivity contribution >= 4 is 34.7 Å². The van der Waals surface area contributed by atoms with E-state index in [-0.39, 0.29) is 28.2 Å². The van der Waals surface area contributed by atoms with Gasteiger partial charge in [0, 0.05) is 48.0 Å². The van der Waals surface area contributed by atoms with Crippen molar-refractivity contribution in [1.82, 2.24) is 9.80 Å². The van der Waals surface area contributed by atoms with Crippen molar-refractivity contribution < 1.29 is 19.4 Å². The van der Waals surface area contributed by atoms with Crippen LogP contribution in [0.25, 0.3) is 11.1 Å². The Morgan fingerprint density at radius 3 is 2.46 bits per heavy atom. The standard InChI is InChI=1S/C30H30ClFN4O3/c1-4-27(38)34-12-14-35(15-13-34)29-21-16-22(31)20(28-23(32)9-7-11-26(28)37)17-25(21)36(30(39)33-29)24-10-6-5-8-19(24)18(2)3/h4-11,16-18,30,37,39H,1,12-15H2,2-3H3. The van der Waals surface area contributed by atoms with Crippen LogP contribution in [0.4, 0.5) is 15.8 Å². The van der Waals surface area contributed by atoms with Gasteiger partial charge in [0.05, 0.1) is 11.3 Å². The Labute approximate surface area is 232 Å². The number of nitrogens with zero attached hydrogens (tertiary/aromatic N) is 4. The minimum atomic E-state index is -1.27.